The molecular weight excluding hydrogens is 340 g/mol. The lowest BCUT2D eigenvalue weighted by atomic mass is 9.77. The summed E-state index contributed by atoms with van der Waals surface area (Å²) in [5, 5.41) is 6.08. The zero-order valence-corrected chi connectivity index (χ0v) is 15.7. The number of anilines is 1. The Morgan fingerprint density at radius 3 is 2.74 bits per heavy atom. The first-order valence-electron chi connectivity index (χ1n) is 9.67. The van der Waals surface area contributed by atoms with Crippen LogP contribution in [0.15, 0.2) is 48.5 Å². The van der Waals surface area contributed by atoms with Gasteiger partial charge in [-0.15, -0.1) is 0 Å². The largest absolute Gasteiger partial charge is 0.497 e. The zero-order chi connectivity index (χ0) is 18.7. The molecule has 5 heteroatoms. The second kappa shape index (κ2) is 7.51. The topological polar surface area (TPSA) is 59.6 Å². The van der Waals surface area contributed by atoms with Crippen LogP contribution in [-0.4, -0.2) is 18.7 Å². The molecule has 2 aromatic rings. The summed E-state index contributed by atoms with van der Waals surface area (Å²) in [6, 6.07) is 15.1. The van der Waals surface area contributed by atoms with Gasteiger partial charge in [-0.3, -0.25) is 0 Å². The Hall–Kier alpha value is -2.69. The first-order chi connectivity index (χ1) is 13.2. The van der Waals surface area contributed by atoms with Crippen LogP contribution in [0.3, 0.4) is 0 Å². The molecular formula is C22H26N2O3. The number of para-hydroxylation sites is 1. The summed E-state index contributed by atoms with van der Waals surface area (Å²) >= 11 is 0. The van der Waals surface area contributed by atoms with Crippen molar-refractivity contribution in [1.82, 2.24) is 5.32 Å². The number of fused-ring (bicyclic) bond motifs is 1. The third kappa shape index (κ3) is 3.87. The van der Waals surface area contributed by atoms with Crippen molar-refractivity contribution in [3.63, 3.8) is 0 Å². The van der Waals surface area contributed by atoms with Crippen LogP contribution in [0.1, 0.15) is 50.1 Å². The van der Waals surface area contributed by atoms with E-state index in [9.17, 15) is 4.79 Å². The van der Waals surface area contributed by atoms with E-state index in [1.165, 1.54) is 19.3 Å². The molecule has 1 aliphatic heterocycles. The average molecular weight is 366 g/mol. The molecule has 0 radical (unpaired) electrons. The maximum atomic E-state index is 12.7. The predicted molar refractivity (Wildman–Crippen MR) is 105 cm³/mol. The van der Waals surface area contributed by atoms with Gasteiger partial charge in [0.1, 0.15) is 17.1 Å². The van der Waals surface area contributed by atoms with Gasteiger partial charge in [0.2, 0.25) is 0 Å². The van der Waals surface area contributed by atoms with Crippen LogP contribution in [-0.2, 0) is 0 Å². The van der Waals surface area contributed by atoms with Crippen LogP contribution in [0.4, 0.5) is 10.5 Å². The fraction of sp³-hybridized carbons (Fsp3) is 0.409. The van der Waals surface area contributed by atoms with Crippen molar-refractivity contribution in [3.8, 4) is 11.5 Å². The van der Waals surface area contributed by atoms with E-state index in [1.54, 1.807) is 13.2 Å². The number of ether oxygens (including phenoxy) is 2. The van der Waals surface area contributed by atoms with Gasteiger partial charge in [-0.25, -0.2) is 4.79 Å². The van der Waals surface area contributed by atoms with Crippen molar-refractivity contribution < 1.29 is 14.3 Å². The summed E-state index contributed by atoms with van der Waals surface area (Å²) in [5.41, 5.74) is 1.61. The molecule has 1 fully saturated rings. The first-order valence-corrected chi connectivity index (χ1v) is 9.67. The maximum Gasteiger partial charge on any atom is 0.319 e. The number of benzene rings is 2. The number of carbonyl (C=O) groups is 1. The molecule has 1 atom stereocenters. The lowest BCUT2D eigenvalue weighted by Crippen LogP contribution is -2.47. The number of urea groups is 1. The summed E-state index contributed by atoms with van der Waals surface area (Å²) in [5.74, 6) is 1.61. The van der Waals surface area contributed by atoms with Gasteiger partial charge in [0.25, 0.3) is 0 Å². The van der Waals surface area contributed by atoms with Gasteiger partial charge in [-0.05, 0) is 43.9 Å². The molecule has 4 rings (SSSR count). The number of amides is 2. The monoisotopic (exact) mass is 366 g/mol. The van der Waals surface area contributed by atoms with Crippen LogP contribution < -0.4 is 20.1 Å². The van der Waals surface area contributed by atoms with Gasteiger partial charge in [0.15, 0.2) is 0 Å². The summed E-state index contributed by atoms with van der Waals surface area (Å²) in [6.45, 7) is 0. The first kappa shape index (κ1) is 17.7. The second-order valence-corrected chi connectivity index (χ2v) is 7.47. The molecule has 0 bridgehead atoms. The smallest absolute Gasteiger partial charge is 0.319 e. The van der Waals surface area contributed by atoms with Gasteiger partial charge < -0.3 is 20.1 Å². The van der Waals surface area contributed by atoms with E-state index in [0.29, 0.717) is 11.4 Å². The number of carbonyl (C=O) groups excluding carboxylic acids is 1. The molecule has 142 valence electrons. The second-order valence-electron chi connectivity index (χ2n) is 7.47. The van der Waals surface area contributed by atoms with Crippen LogP contribution in [0, 0.1) is 0 Å². The molecule has 2 aliphatic rings. The van der Waals surface area contributed by atoms with E-state index in [4.69, 9.17) is 9.47 Å². The Labute approximate surface area is 160 Å². The minimum atomic E-state index is -0.212. The molecule has 1 aliphatic carbocycles. The molecule has 1 heterocycles. The number of rotatable bonds is 3. The lowest BCUT2D eigenvalue weighted by Gasteiger charge is -2.44. The number of hydrogen-bond acceptors (Lipinski definition) is 3. The van der Waals surface area contributed by atoms with E-state index >= 15 is 0 Å². The van der Waals surface area contributed by atoms with Crippen molar-refractivity contribution in [2.75, 3.05) is 12.4 Å². The van der Waals surface area contributed by atoms with Crippen molar-refractivity contribution in [2.45, 2.75) is 50.2 Å². The van der Waals surface area contributed by atoms with Crippen LogP contribution in [0.5, 0.6) is 11.5 Å². The summed E-state index contributed by atoms with van der Waals surface area (Å²) in [7, 11) is 1.61. The van der Waals surface area contributed by atoms with Gasteiger partial charge in [0.05, 0.1) is 13.2 Å². The SMILES string of the molecule is COc1cccc(NC(=O)N[C@H]2CC3(CCCCC3)Oc3ccccc32)c1. The molecule has 1 saturated carbocycles. The molecule has 1 spiro atoms. The zero-order valence-electron chi connectivity index (χ0n) is 15.7. The van der Waals surface area contributed by atoms with Gasteiger partial charge in [0, 0.05) is 23.7 Å². The normalized spacial score (nSPS) is 20.3. The maximum absolute atomic E-state index is 12.7. The molecule has 27 heavy (non-hydrogen) atoms. The Kier molecular flexibility index (Phi) is 4.92. The fourth-order valence-corrected chi connectivity index (χ4v) is 4.28. The van der Waals surface area contributed by atoms with Gasteiger partial charge >= 0.3 is 6.03 Å². The minimum absolute atomic E-state index is 0.0568. The highest BCUT2D eigenvalue weighted by molar-refractivity contribution is 5.89. The summed E-state index contributed by atoms with van der Waals surface area (Å²) in [6.07, 6.45) is 6.56. The number of hydrogen-bond donors (Lipinski definition) is 2. The number of nitrogens with one attached hydrogen (secondary N) is 2. The number of methoxy groups -OCH3 is 1. The van der Waals surface area contributed by atoms with Crippen molar-refractivity contribution in [1.29, 1.82) is 0 Å². The van der Waals surface area contributed by atoms with Gasteiger partial charge in [-0.1, -0.05) is 30.7 Å². The van der Waals surface area contributed by atoms with Crippen molar-refractivity contribution in [2.24, 2.45) is 0 Å². The molecule has 0 aromatic heterocycles. The Morgan fingerprint density at radius 1 is 1.11 bits per heavy atom. The standard InChI is InChI=1S/C22H26N2O3/c1-26-17-9-7-8-16(14-17)23-21(25)24-19-15-22(12-5-2-6-13-22)27-20-11-4-3-10-18(19)20/h3-4,7-11,14,19H,2,5-6,12-13,15H2,1H3,(H2,23,24,25)/t19-/m0/s1. The molecule has 2 amide bonds. The molecule has 2 N–H and O–H groups in total. The summed E-state index contributed by atoms with van der Waals surface area (Å²) < 4.78 is 11.7. The Bertz CT molecular complexity index is 815. The van der Waals surface area contributed by atoms with Crippen molar-refractivity contribution in [3.05, 3.63) is 54.1 Å². The summed E-state index contributed by atoms with van der Waals surface area (Å²) in [4.78, 5) is 12.7. The minimum Gasteiger partial charge on any atom is -0.497 e. The van der Waals surface area contributed by atoms with E-state index < -0.39 is 0 Å². The molecule has 0 saturated heterocycles. The van der Waals surface area contributed by atoms with E-state index in [1.807, 2.05) is 42.5 Å². The van der Waals surface area contributed by atoms with E-state index in [0.717, 1.165) is 30.6 Å². The highest BCUT2D eigenvalue weighted by Gasteiger charge is 2.42. The van der Waals surface area contributed by atoms with Crippen LogP contribution >= 0.6 is 0 Å². The van der Waals surface area contributed by atoms with Crippen LogP contribution in [0.25, 0.3) is 0 Å². The Balaban J connectivity index is 1.51. The molecule has 2 aromatic carbocycles. The van der Waals surface area contributed by atoms with E-state index in [-0.39, 0.29) is 17.7 Å². The molecule has 0 unspecified atom stereocenters. The average Bonchev–Trinajstić information content (AvgIpc) is 2.68. The highest BCUT2D eigenvalue weighted by Crippen LogP contribution is 2.46. The fourth-order valence-electron chi connectivity index (χ4n) is 4.28. The van der Waals surface area contributed by atoms with Crippen LogP contribution in [0.2, 0.25) is 0 Å². The lowest BCUT2D eigenvalue weighted by molar-refractivity contribution is -0.000994. The predicted octanol–water partition coefficient (Wildman–Crippen LogP) is 5.04. The van der Waals surface area contributed by atoms with Crippen molar-refractivity contribution >= 4 is 11.7 Å². The van der Waals surface area contributed by atoms with Gasteiger partial charge in [-0.2, -0.15) is 0 Å². The quantitative estimate of drug-likeness (QED) is 0.800. The molecule has 5 nitrogen and oxygen atoms in total. The highest BCUT2D eigenvalue weighted by atomic mass is 16.5. The Morgan fingerprint density at radius 2 is 1.93 bits per heavy atom. The third-order valence-corrected chi connectivity index (χ3v) is 5.59. The third-order valence-electron chi connectivity index (χ3n) is 5.59. The van der Waals surface area contributed by atoms with E-state index in [2.05, 4.69) is 10.6 Å².